The maximum atomic E-state index is 12.7. The van der Waals surface area contributed by atoms with Gasteiger partial charge in [0.1, 0.15) is 0 Å². The summed E-state index contributed by atoms with van der Waals surface area (Å²) in [5.41, 5.74) is 1.99. The summed E-state index contributed by atoms with van der Waals surface area (Å²) in [7, 11) is 0. The molecule has 34 heavy (non-hydrogen) atoms. The molecule has 0 saturated heterocycles. The third-order valence-corrected chi connectivity index (χ3v) is 6.75. The van der Waals surface area contributed by atoms with Crippen LogP contribution in [0.2, 0.25) is 5.02 Å². The second kappa shape index (κ2) is 12.4. The molecule has 1 heterocycles. The van der Waals surface area contributed by atoms with Gasteiger partial charge in [-0.3, -0.25) is 9.59 Å². The Morgan fingerprint density at radius 2 is 1.82 bits per heavy atom. The van der Waals surface area contributed by atoms with Gasteiger partial charge in [0.25, 0.3) is 11.8 Å². The quantitative estimate of drug-likeness (QED) is 0.303. The average Bonchev–Trinajstić information content (AvgIpc) is 2.77. The van der Waals surface area contributed by atoms with E-state index in [0.717, 1.165) is 36.5 Å². The Hall–Kier alpha value is -2.28. The number of anilines is 1. The summed E-state index contributed by atoms with van der Waals surface area (Å²) in [6.07, 6.45) is 2.69. The monoisotopic (exact) mass is 499 g/mol. The SMILES string of the molecule is CC(C)CN(CCCNC(=O)c1ccc2c(c1)NC(=O)/C(=C\c1ccccc1Cl)S2)CC(C)C. The zero-order valence-corrected chi connectivity index (χ0v) is 21.9. The number of hydrogen-bond donors (Lipinski definition) is 2. The van der Waals surface area contributed by atoms with Crippen molar-refractivity contribution < 1.29 is 9.59 Å². The minimum Gasteiger partial charge on any atom is -0.352 e. The predicted octanol–water partition coefficient (Wildman–Crippen LogP) is 6.16. The number of nitrogens with zero attached hydrogens (tertiary/aromatic N) is 1. The van der Waals surface area contributed by atoms with Crippen LogP contribution in [0.1, 0.15) is 50.0 Å². The van der Waals surface area contributed by atoms with Gasteiger partial charge in [0.05, 0.1) is 10.6 Å². The molecule has 0 spiro atoms. The van der Waals surface area contributed by atoms with E-state index >= 15 is 0 Å². The lowest BCUT2D eigenvalue weighted by Crippen LogP contribution is -2.34. The van der Waals surface area contributed by atoms with Gasteiger partial charge in [-0.05, 0) is 60.7 Å². The number of halogens is 1. The summed E-state index contributed by atoms with van der Waals surface area (Å²) in [6, 6.07) is 12.8. The first-order valence-corrected chi connectivity index (χ1v) is 13.0. The summed E-state index contributed by atoms with van der Waals surface area (Å²) in [4.78, 5) is 29.2. The number of thioether (sulfide) groups is 1. The number of benzene rings is 2. The van der Waals surface area contributed by atoms with Crippen LogP contribution in [-0.2, 0) is 4.79 Å². The molecule has 0 radical (unpaired) electrons. The fraction of sp³-hybridized carbons (Fsp3) is 0.407. The number of hydrogen-bond acceptors (Lipinski definition) is 4. The van der Waals surface area contributed by atoms with Crippen molar-refractivity contribution in [1.82, 2.24) is 10.2 Å². The molecule has 182 valence electrons. The van der Waals surface area contributed by atoms with Crippen molar-refractivity contribution in [3.05, 3.63) is 63.5 Å². The highest BCUT2D eigenvalue weighted by Crippen LogP contribution is 2.39. The highest BCUT2D eigenvalue weighted by Gasteiger charge is 2.22. The van der Waals surface area contributed by atoms with E-state index in [2.05, 4.69) is 43.2 Å². The summed E-state index contributed by atoms with van der Waals surface area (Å²) < 4.78 is 0. The van der Waals surface area contributed by atoms with E-state index < -0.39 is 0 Å². The van der Waals surface area contributed by atoms with Gasteiger partial charge in [0.15, 0.2) is 0 Å². The number of carbonyl (C=O) groups is 2. The lowest BCUT2D eigenvalue weighted by molar-refractivity contribution is -0.112. The van der Waals surface area contributed by atoms with Crippen LogP contribution in [-0.4, -0.2) is 42.9 Å². The van der Waals surface area contributed by atoms with Gasteiger partial charge >= 0.3 is 0 Å². The van der Waals surface area contributed by atoms with Crippen molar-refractivity contribution in [1.29, 1.82) is 0 Å². The van der Waals surface area contributed by atoms with Gasteiger partial charge in [0.2, 0.25) is 0 Å². The number of fused-ring (bicyclic) bond motifs is 1. The van der Waals surface area contributed by atoms with E-state index in [1.54, 1.807) is 24.3 Å². The number of amides is 2. The lowest BCUT2D eigenvalue weighted by atomic mass is 10.1. The molecule has 5 nitrogen and oxygen atoms in total. The Morgan fingerprint density at radius 3 is 2.50 bits per heavy atom. The number of carbonyl (C=O) groups excluding carboxylic acids is 2. The second-order valence-electron chi connectivity index (χ2n) is 9.45. The van der Waals surface area contributed by atoms with Crippen molar-refractivity contribution in [2.75, 3.05) is 31.5 Å². The van der Waals surface area contributed by atoms with E-state index in [1.807, 2.05) is 24.3 Å². The highest BCUT2D eigenvalue weighted by atomic mass is 35.5. The summed E-state index contributed by atoms with van der Waals surface area (Å²) in [5.74, 6) is 0.915. The van der Waals surface area contributed by atoms with Crippen molar-refractivity contribution in [2.24, 2.45) is 11.8 Å². The van der Waals surface area contributed by atoms with Crippen LogP contribution in [0.5, 0.6) is 0 Å². The Kier molecular flexibility index (Phi) is 9.63. The molecule has 2 amide bonds. The molecule has 0 aliphatic carbocycles. The van der Waals surface area contributed by atoms with Gasteiger partial charge in [0, 0.05) is 35.1 Å². The summed E-state index contributed by atoms with van der Waals surface area (Å²) >= 11 is 7.60. The minimum atomic E-state index is -0.203. The maximum Gasteiger partial charge on any atom is 0.262 e. The molecule has 0 fully saturated rings. The van der Waals surface area contributed by atoms with Crippen LogP contribution < -0.4 is 10.6 Å². The van der Waals surface area contributed by atoms with E-state index in [1.165, 1.54) is 11.8 Å². The Labute approximate surface area is 212 Å². The smallest absolute Gasteiger partial charge is 0.262 e. The maximum absolute atomic E-state index is 12.7. The van der Waals surface area contributed by atoms with E-state index in [0.29, 0.717) is 39.6 Å². The molecule has 2 aromatic carbocycles. The summed E-state index contributed by atoms with van der Waals surface area (Å²) in [5, 5.41) is 6.52. The molecule has 2 N–H and O–H groups in total. The molecule has 0 bridgehead atoms. The highest BCUT2D eigenvalue weighted by molar-refractivity contribution is 8.04. The Morgan fingerprint density at radius 1 is 1.12 bits per heavy atom. The van der Waals surface area contributed by atoms with Crippen LogP contribution >= 0.6 is 23.4 Å². The van der Waals surface area contributed by atoms with Crippen molar-refractivity contribution >= 4 is 46.9 Å². The standard InChI is InChI=1S/C27H34ClN3O2S/c1-18(2)16-31(17-19(3)4)13-7-12-29-26(32)21-10-11-24-23(14-21)30-27(33)25(34-24)15-20-8-5-6-9-22(20)28/h5-6,8-11,14-15,18-19H,7,12-13,16-17H2,1-4H3,(H,29,32)(H,30,33)/b25-15+. The third-order valence-electron chi connectivity index (χ3n) is 5.31. The van der Waals surface area contributed by atoms with Gasteiger partial charge in [-0.15, -0.1) is 0 Å². The van der Waals surface area contributed by atoms with E-state index in [9.17, 15) is 9.59 Å². The topological polar surface area (TPSA) is 61.4 Å². The molecule has 0 unspecified atom stereocenters. The van der Waals surface area contributed by atoms with Crippen molar-refractivity contribution in [2.45, 2.75) is 39.0 Å². The minimum absolute atomic E-state index is 0.126. The predicted molar refractivity (Wildman–Crippen MR) is 143 cm³/mol. The normalized spacial score (nSPS) is 14.6. The first kappa shape index (κ1) is 26.3. The Balaban J connectivity index is 1.57. The molecular weight excluding hydrogens is 466 g/mol. The first-order chi connectivity index (χ1) is 16.2. The molecular formula is C27H34ClN3O2S. The van der Waals surface area contributed by atoms with Gasteiger partial charge in [-0.25, -0.2) is 0 Å². The van der Waals surface area contributed by atoms with Crippen LogP contribution in [0, 0.1) is 11.8 Å². The zero-order chi connectivity index (χ0) is 24.7. The van der Waals surface area contributed by atoms with Crippen LogP contribution in [0.15, 0.2) is 52.3 Å². The molecule has 0 atom stereocenters. The fourth-order valence-electron chi connectivity index (χ4n) is 3.93. The van der Waals surface area contributed by atoms with Crippen molar-refractivity contribution in [3.8, 4) is 0 Å². The number of rotatable bonds is 10. The molecule has 7 heteroatoms. The van der Waals surface area contributed by atoms with Crippen LogP contribution in [0.4, 0.5) is 5.69 Å². The fourth-order valence-corrected chi connectivity index (χ4v) is 5.04. The molecule has 1 aliphatic rings. The van der Waals surface area contributed by atoms with E-state index in [4.69, 9.17) is 11.6 Å². The largest absolute Gasteiger partial charge is 0.352 e. The first-order valence-electron chi connectivity index (χ1n) is 11.8. The summed E-state index contributed by atoms with van der Waals surface area (Å²) in [6.45, 7) is 12.7. The molecule has 2 aromatic rings. The van der Waals surface area contributed by atoms with Crippen LogP contribution in [0.3, 0.4) is 0 Å². The van der Waals surface area contributed by atoms with E-state index in [-0.39, 0.29) is 11.8 Å². The van der Waals surface area contributed by atoms with Gasteiger partial charge in [-0.1, -0.05) is 69.3 Å². The van der Waals surface area contributed by atoms with Crippen LogP contribution in [0.25, 0.3) is 6.08 Å². The van der Waals surface area contributed by atoms with Gasteiger partial charge in [-0.2, -0.15) is 0 Å². The second-order valence-corrected chi connectivity index (χ2v) is 10.9. The number of nitrogens with one attached hydrogen (secondary N) is 2. The lowest BCUT2D eigenvalue weighted by Gasteiger charge is -2.26. The molecule has 3 rings (SSSR count). The third kappa shape index (κ3) is 7.62. The van der Waals surface area contributed by atoms with Crippen molar-refractivity contribution in [3.63, 3.8) is 0 Å². The molecule has 0 aromatic heterocycles. The average molecular weight is 500 g/mol. The van der Waals surface area contributed by atoms with Gasteiger partial charge < -0.3 is 15.5 Å². The Bertz CT molecular complexity index is 1040. The zero-order valence-electron chi connectivity index (χ0n) is 20.4. The molecule has 1 aliphatic heterocycles. The molecule has 0 saturated carbocycles.